The molecule has 0 fully saturated rings. The van der Waals surface area contributed by atoms with E-state index < -0.39 is 6.10 Å². The highest BCUT2D eigenvalue weighted by molar-refractivity contribution is 5.30. The maximum absolute atomic E-state index is 13.1. The second-order valence-corrected chi connectivity index (χ2v) is 4.11. The third-order valence-corrected chi connectivity index (χ3v) is 2.69. The smallest absolute Gasteiger partial charge is 0.126 e. The molecule has 1 atom stereocenters. The number of pyridine rings is 1. The molecule has 1 N–H and O–H groups in total. The van der Waals surface area contributed by atoms with Crippen LogP contribution in [0.3, 0.4) is 0 Å². The van der Waals surface area contributed by atoms with Crippen LogP contribution in [-0.2, 0) is 0 Å². The Morgan fingerprint density at radius 1 is 1.18 bits per heavy atom. The maximum atomic E-state index is 13.1. The molecule has 2 aromatic rings. The Kier molecular flexibility index (Phi) is 3.20. The van der Waals surface area contributed by atoms with Gasteiger partial charge >= 0.3 is 0 Å². The molecule has 0 saturated heterocycles. The first-order valence-corrected chi connectivity index (χ1v) is 5.45. The van der Waals surface area contributed by atoms with Crippen LogP contribution in [0.2, 0.25) is 0 Å². The number of aryl methyl sites for hydroxylation is 2. The molecule has 88 valence electrons. The van der Waals surface area contributed by atoms with Gasteiger partial charge in [-0.2, -0.15) is 0 Å². The van der Waals surface area contributed by atoms with E-state index in [1.54, 1.807) is 25.1 Å². The molecule has 0 aliphatic heterocycles. The molecule has 0 saturated carbocycles. The normalized spacial score (nSPS) is 12.5. The number of halogens is 1. The molecule has 1 aromatic heterocycles. The first kappa shape index (κ1) is 11.7. The Morgan fingerprint density at radius 3 is 2.59 bits per heavy atom. The summed E-state index contributed by atoms with van der Waals surface area (Å²) in [5.74, 6) is -0.266. The van der Waals surface area contributed by atoms with Crippen molar-refractivity contribution in [3.05, 3.63) is 64.7 Å². The van der Waals surface area contributed by atoms with Gasteiger partial charge in [0.25, 0.3) is 0 Å². The summed E-state index contributed by atoms with van der Waals surface area (Å²) in [5, 5.41) is 10.1. The Labute approximate surface area is 99.8 Å². The number of aliphatic hydroxyl groups is 1. The summed E-state index contributed by atoms with van der Waals surface area (Å²) < 4.78 is 13.1. The van der Waals surface area contributed by atoms with Crippen molar-refractivity contribution in [3.8, 4) is 0 Å². The van der Waals surface area contributed by atoms with Crippen LogP contribution in [0.15, 0.2) is 36.4 Å². The van der Waals surface area contributed by atoms with E-state index in [0.717, 1.165) is 5.69 Å². The zero-order valence-corrected chi connectivity index (χ0v) is 9.81. The minimum atomic E-state index is -0.811. The van der Waals surface area contributed by atoms with Gasteiger partial charge in [-0.3, -0.25) is 4.98 Å². The van der Waals surface area contributed by atoms with Crippen molar-refractivity contribution < 1.29 is 9.50 Å². The van der Waals surface area contributed by atoms with E-state index in [-0.39, 0.29) is 5.82 Å². The predicted octanol–water partition coefficient (Wildman–Crippen LogP) is 2.92. The largest absolute Gasteiger partial charge is 0.382 e. The zero-order chi connectivity index (χ0) is 12.4. The van der Waals surface area contributed by atoms with Crippen LogP contribution in [0.25, 0.3) is 0 Å². The highest BCUT2D eigenvalue weighted by atomic mass is 19.1. The third-order valence-electron chi connectivity index (χ3n) is 2.69. The lowest BCUT2D eigenvalue weighted by molar-refractivity contribution is 0.215. The summed E-state index contributed by atoms with van der Waals surface area (Å²) >= 11 is 0. The Hall–Kier alpha value is -1.74. The number of aliphatic hydroxyl groups excluding tert-OH is 1. The Bertz CT molecular complexity index is 539. The summed E-state index contributed by atoms with van der Waals surface area (Å²) in [6, 6.07) is 10.1. The fourth-order valence-electron chi connectivity index (χ4n) is 1.73. The second-order valence-electron chi connectivity index (χ2n) is 4.11. The molecule has 2 nitrogen and oxygen atoms in total. The van der Waals surface area contributed by atoms with Gasteiger partial charge in [0.05, 0.1) is 5.69 Å². The second kappa shape index (κ2) is 4.63. The first-order valence-electron chi connectivity index (χ1n) is 5.45. The van der Waals surface area contributed by atoms with Gasteiger partial charge in [-0.25, -0.2) is 4.39 Å². The third kappa shape index (κ3) is 2.50. The van der Waals surface area contributed by atoms with Gasteiger partial charge < -0.3 is 5.11 Å². The number of nitrogens with zero attached hydrogens (tertiary/aromatic N) is 1. The average molecular weight is 231 g/mol. The molecule has 3 heteroatoms. The van der Waals surface area contributed by atoms with Crippen molar-refractivity contribution in [1.82, 2.24) is 4.98 Å². The predicted molar refractivity (Wildman–Crippen MR) is 64.2 cm³/mol. The molecule has 1 heterocycles. The van der Waals surface area contributed by atoms with E-state index in [1.165, 1.54) is 6.07 Å². The molecule has 0 radical (unpaired) electrons. The highest BCUT2D eigenvalue weighted by Crippen LogP contribution is 2.22. The van der Waals surface area contributed by atoms with Crippen LogP contribution in [0, 0.1) is 19.7 Å². The molecular formula is C14H14FNO. The van der Waals surface area contributed by atoms with E-state index in [2.05, 4.69) is 4.98 Å². The van der Waals surface area contributed by atoms with Gasteiger partial charge in [0.15, 0.2) is 0 Å². The fourth-order valence-corrected chi connectivity index (χ4v) is 1.73. The van der Waals surface area contributed by atoms with Crippen LogP contribution >= 0.6 is 0 Å². The average Bonchev–Trinajstić information content (AvgIpc) is 2.32. The van der Waals surface area contributed by atoms with Crippen molar-refractivity contribution in [1.29, 1.82) is 0 Å². The van der Waals surface area contributed by atoms with Crippen LogP contribution in [0.5, 0.6) is 0 Å². The minimum Gasteiger partial charge on any atom is -0.382 e. The van der Waals surface area contributed by atoms with Crippen LogP contribution in [0.1, 0.15) is 28.6 Å². The number of hydrogen-bond acceptors (Lipinski definition) is 2. The van der Waals surface area contributed by atoms with Gasteiger partial charge in [-0.05, 0) is 43.2 Å². The van der Waals surface area contributed by atoms with Gasteiger partial charge in [-0.1, -0.05) is 18.2 Å². The van der Waals surface area contributed by atoms with E-state index >= 15 is 0 Å². The number of hydrogen-bond donors (Lipinski definition) is 1. The summed E-state index contributed by atoms with van der Waals surface area (Å²) in [6.45, 7) is 3.54. The summed E-state index contributed by atoms with van der Waals surface area (Å²) in [7, 11) is 0. The van der Waals surface area contributed by atoms with Crippen molar-refractivity contribution in [2.45, 2.75) is 20.0 Å². The lowest BCUT2D eigenvalue weighted by atomic mass is 10.0. The van der Waals surface area contributed by atoms with E-state index in [4.69, 9.17) is 0 Å². The number of aromatic nitrogens is 1. The molecule has 2 rings (SSSR count). The summed E-state index contributed by atoms with van der Waals surface area (Å²) in [5.41, 5.74) is 2.60. The molecule has 17 heavy (non-hydrogen) atoms. The monoisotopic (exact) mass is 231 g/mol. The van der Waals surface area contributed by atoms with E-state index in [9.17, 15) is 9.50 Å². The van der Waals surface area contributed by atoms with Crippen molar-refractivity contribution in [3.63, 3.8) is 0 Å². The van der Waals surface area contributed by atoms with Gasteiger partial charge in [-0.15, -0.1) is 0 Å². The molecule has 0 spiro atoms. The summed E-state index contributed by atoms with van der Waals surface area (Å²) in [6.07, 6.45) is -0.811. The Morgan fingerprint density at radius 2 is 1.94 bits per heavy atom. The van der Waals surface area contributed by atoms with Crippen molar-refractivity contribution >= 4 is 0 Å². The Balaban J connectivity index is 2.36. The molecule has 0 aliphatic rings. The van der Waals surface area contributed by atoms with Crippen LogP contribution in [-0.4, -0.2) is 10.1 Å². The molecule has 1 unspecified atom stereocenters. The highest BCUT2D eigenvalue weighted by Gasteiger charge is 2.12. The van der Waals surface area contributed by atoms with Gasteiger partial charge in [0.1, 0.15) is 11.9 Å². The quantitative estimate of drug-likeness (QED) is 0.862. The molecule has 1 aromatic carbocycles. The minimum absolute atomic E-state index is 0.266. The number of rotatable bonds is 2. The lowest BCUT2D eigenvalue weighted by Gasteiger charge is -2.12. The standard InChI is InChI=1S/C14H14FNO/c1-9-8-11(6-7-12(9)15)14(17)13-5-3-4-10(2)16-13/h3-8,14,17H,1-2H3. The molecule has 0 amide bonds. The summed E-state index contributed by atoms with van der Waals surface area (Å²) in [4.78, 5) is 4.26. The van der Waals surface area contributed by atoms with Crippen LogP contribution < -0.4 is 0 Å². The van der Waals surface area contributed by atoms with Gasteiger partial charge in [0, 0.05) is 5.69 Å². The molecule has 0 bridgehead atoms. The van der Waals surface area contributed by atoms with Crippen LogP contribution in [0.4, 0.5) is 4.39 Å². The SMILES string of the molecule is Cc1cccc(C(O)c2ccc(F)c(C)c2)n1. The zero-order valence-electron chi connectivity index (χ0n) is 9.81. The lowest BCUT2D eigenvalue weighted by Crippen LogP contribution is -2.03. The van der Waals surface area contributed by atoms with Crippen molar-refractivity contribution in [2.75, 3.05) is 0 Å². The first-order chi connectivity index (χ1) is 8.08. The van der Waals surface area contributed by atoms with Crippen molar-refractivity contribution in [2.24, 2.45) is 0 Å². The molecular weight excluding hydrogens is 217 g/mol. The van der Waals surface area contributed by atoms with Gasteiger partial charge in [0.2, 0.25) is 0 Å². The topological polar surface area (TPSA) is 33.1 Å². The van der Waals surface area contributed by atoms with E-state index in [1.807, 2.05) is 19.1 Å². The number of benzene rings is 1. The maximum Gasteiger partial charge on any atom is 0.126 e. The van der Waals surface area contributed by atoms with E-state index in [0.29, 0.717) is 16.8 Å². The molecule has 0 aliphatic carbocycles. The fraction of sp³-hybridized carbons (Fsp3) is 0.214.